The predicted octanol–water partition coefficient (Wildman–Crippen LogP) is 2.97. The molecule has 3 rings (SSSR count). The molecule has 0 aliphatic rings. The van der Waals surface area contributed by atoms with Crippen LogP contribution in [-0.4, -0.2) is 29.0 Å². The fraction of sp³-hybridized carbons (Fsp3) is 0. The molecule has 0 unspecified atom stereocenters. The van der Waals surface area contributed by atoms with Gasteiger partial charge in [-0.25, -0.2) is 8.42 Å². The number of hydrogen-bond acceptors (Lipinski definition) is 5. The lowest BCUT2D eigenvalue weighted by atomic mass is 10.2. The zero-order chi connectivity index (χ0) is 16.4. The van der Waals surface area contributed by atoms with Gasteiger partial charge in [-0.2, -0.15) is 5.21 Å². The molecule has 1 heterocycles. The van der Waals surface area contributed by atoms with Crippen LogP contribution in [0.15, 0.2) is 47.4 Å². The van der Waals surface area contributed by atoms with E-state index in [9.17, 15) is 8.42 Å². The first kappa shape index (κ1) is 15.7. The van der Waals surface area contributed by atoms with Crippen molar-refractivity contribution in [2.24, 2.45) is 0 Å². The lowest BCUT2D eigenvalue weighted by molar-refractivity contribution is 0.601. The molecule has 0 bridgehead atoms. The molecule has 0 saturated carbocycles. The van der Waals surface area contributed by atoms with E-state index in [1.54, 1.807) is 24.3 Å². The lowest BCUT2D eigenvalue weighted by Gasteiger charge is -2.10. The summed E-state index contributed by atoms with van der Waals surface area (Å²) in [6.07, 6.45) is 0. The number of sulfonamides is 1. The molecule has 0 aliphatic carbocycles. The van der Waals surface area contributed by atoms with Crippen LogP contribution in [0.1, 0.15) is 0 Å². The van der Waals surface area contributed by atoms with Gasteiger partial charge in [0.1, 0.15) is 4.90 Å². The minimum atomic E-state index is -3.88. The number of tetrazole rings is 1. The number of rotatable bonds is 4. The predicted molar refractivity (Wildman–Crippen MR) is 86.9 cm³/mol. The fourth-order valence-electron chi connectivity index (χ4n) is 1.91. The number of anilines is 1. The van der Waals surface area contributed by atoms with Crippen LogP contribution in [0.5, 0.6) is 0 Å². The number of hydrogen-bond donors (Lipinski definition) is 2. The molecule has 23 heavy (non-hydrogen) atoms. The Hall–Kier alpha value is -2.16. The van der Waals surface area contributed by atoms with Gasteiger partial charge < -0.3 is 0 Å². The van der Waals surface area contributed by atoms with Crippen molar-refractivity contribution in [3.05, 3.63) is 52.5 Å². The summed E-state index contributed by atoms with van der Waals surface area (Å²) in [7, 11) is -3.88. The number of halogens is 2. The Labute approximate surface area is 141 Å². The molecule has 10 heteroatoms. The molecule has 2 aromatic carbocycles. The minimum Gasteiger partial charge on any atom is -0.280 e. The standard InChI is InChI=1S/C13H9Cl2N5O2S/c14-10-5-2-6-11(12(10)15)23(21,22)18-9-4-1-3-8(7-9)13-16-19-20-17-13/h1-7,18H,(H,16,17,19,20). The number of aromatic nitrogens is 4. The van der Waals surface area contributed by atoms with Gasteiger partial charge >= 0.3 is 0 Å². The molecular formula is C13H9Cl2N5O2S. The molecule has 3 aromatic rings. The zero-order valence-electron chi connectivity index (χ0n) is 11.4. The minimum absolute atomic E-state index is 0.0315. The maximum atomic E-state index is 12.5. The Morgan fingerprint density at radius 3 is 2.61 bits per heavy atom. The van der Waals surface area contributed by atoms with E-state index >= 15 is 0 Å². The van der Waals surface area contributed by atoms with Crippen molar-refractivity contribution >= 4 is 38.9 Å². The molecular weight excluding hydrogens is 361 g/mol. The Kier molecular flexibility index (Phi) is 4.20. The highest BCUT2D eigenvalue weighted by Gasteiger charge is 2.20. The summed E-state index contributed by atoms with van der Waals surface area (Å²) < 4.78 is 27.4. The largest absolute Gasteiger partial charge is 0.280 e. The van der Waals surface area contributed by atoms with Gasteiger partial charge in [-0.05, 0) is 29.5 Å². The Bertz CT molecular complexity index is 945. The van der Waals surface area contributed by atoms with Crippen LogP contribution in [-0.2, 0) is 10.0 Å². The zero-order valence-corrected chi connectivity index (χ0v) is 13.7. The highest BCUT2D eigenvalue weighted by Crippen LogP contribution is 2.30. The molecule has 2 N–H and O–H groups in total. The number of nitrogens with zero attached hydrogens (tertiary/aromatic N) is 3. The van der Waals surface area contributed by atoms with Crippen molar-refractivity contribution in [2.45, 2.75) is 4.90 Å². The summed E-state index contributed by atoms with van der Waals surface area (Å²) >= 11 is 11.8. The van der Waals surface area contributed by atoms with E-state index in [1.165, 1.54) is 18.2 Å². The molecule has 1 aromatic heterocycles. The number of H-pyrrole nitrogens is 1. The van der Waals surface area contributed by atoms with E-state index in [0.29, 0.717) is 17.1 Å². The summed E-state index contributed by atoms with van der Waals surface area (Å²) in [5.74, 6) is 0.354. The average Bonchev–Trinajstić information content (AvgIpc) is 3.04. The number of aromatic amines is 1. The molecule has 7 nitrogen and oxygen atoms in total. The van der Waals surface area contributed by atoms with Crippen LogP contribution in [0.2, 0.25) is 10.0 Å². The first-order valence-corrected chi connectivity index (χ1v) is 8.52. The monoisotopic (exact) mass is 369 g/mol. The van der Waals surface area contributed by atoms with Gasteiger partial charge in [0.25, 0.3) is 10.0 Å². The number of nitrogens with one attached hydrogen (secondary N) is 2. The van der Waals surface area contributed by atoms with E-state index in [4.69, 9.17) is 23.2 Å². The Balaban J connectivity index is 1.95. The summed E-state index contributed by atoms with van der Waals surface area (Å²) in [4.78, 5) is -0.100. The van der Waals surface area contributed by atoms with Crippen LogP contribution < -0.4 is 4.72 Å². The van der Waals surface area contributed by atoms with E-state index in [2.05, 4.69) is 25.3 Å². The first-order valence-electron chi connectivity index (χ1n) is 6.28. The van der Waals surface area contributed by atoms with Gasteiger partial charge in [-0.3, -0.25) is 4.72 Å². The van der Waals surface area contributed by atoms with Gasteiger partial charge in [-0.15, -0.1) is 10.2 Å². The second kappa shape index (κ2) is 6.15. The highest BCUT2D eigenvalue weighted by atomic mass is 35.5. The normalized spacial score (nSPS) is 11.4. The summed E-state index contributed by atoms with van der Waals surface area (Å²) in [5, 5.41) is 13.6. The van der Waals surface area contributed by atoms with Crippen LogP contribution in [0, 0.1) is 0 Å². The second-order valence-corrected chi connectivity index (χ2v) is 6.91. The third-order valence-corrected chi connectivity index (χ3v) is 5.28. The van der Waals surface area contributed by atoms with Crippen molar-refractivity contribution in [2.75, 3.05) is 4.72 Å². The van der Waals surface area contributed by atoms with Crippen molar-refractivity contribution in [3.8, 4) is 11.4 Å². The Morgan fingerprint density at radius 2 is 1.87 bits per heavy atom. The fourth-order valence-corrected chi connectivity index (χ4v) is 3.72. The summed E-state index contributed by atoms with van der Waals surface area (Å²) in [6.45, 7) is 0. The highest BCUT2D eigenvalue weighted by molar-refractivity contribution is 7.92. The van der Waals surface area contributed by atoms with Crippen molar-refractivity contribution < 1.29 is 8.42 Å². The van der Waals surface area contributed by atoms with Crippen molar-refractivity contribution in [1.82, 2.24) is 20.6 Å². The van der Waals surface area contributed by atoms with E-state index < -0.39 is 10.0 Å². The quantitative estimate of drug-likeness (QED) is 0.735. The molecule has 0 aliphatic heterocycles. The van der Waals surface area contributed by atoms with Gasteiger partial charge in [-0.1, -0.05) is 41.4 Å². The SMILES string of the molecule is O=S(=O)(Nc1cccc(-c2nn[nH]n2)c1)c1cccc(Cl)c1Cl. The molecule has 0 atom stereocenters. The van der Waals surface area contributed by atoms with Crippen LogP contribution in [0.25, 0.3) is 11.4 Å². The molecule has 0 fully saturated rings. The number of benzene rings is 2. The molecule has 0 amide bonds. The van der Waals surface area contributed by atoms with Crippen LogP contribution in [0.4, 0.5) is 5.69 Å². The molecule has 0 radical (unpaired) electrons. The molecule has 0 saturated heterocycles. The molecule has 118 valence electrons. The molecule has 0 spiro atoms. The lowest BCUT2D eigenvalue weighted by Crippen LogP contribution is -2.13. The topological polar surface area (TPSA) is 101 Å². The van der Waals surface area contributed by atoms with E-state index in [1.807, 2.05) is 0 Å². The maximum Gasteiger partial charge on any atom is 0.263 e. The van der Waals surface area contributed by atoms with Crippen LogP contribution >= 0.6 is 23.2 Å². The van der Waals surface area contributed by atoms with E-state index in [-0.39, 0.29) is 14.9 Å². The van der Waals surface area contributed by atoms with Crippen molar-refractivity contribution in [3.63, 3.8) is 0 Å². The first-order chi connectivity index (χ1) is 11.0. The Morgan fingerprint density at radius 1 is 1.09 bits per heavy atom. The second-order valence-electron chi connectivity index (χ2n) is 4.47. The summed E-state index contributed by atoms with van der Waals surface area (Å²) in [5.41, 5.74) is 0.944. The maximum absolute atomic E-state index is 12.5. The summed E-state index contributed by atoms with van der Waals surface area (Å²) in [6, 6.07) is 11.0. The van der Waals surface area contributed by atoms with E-state index in [0.717, 1.165) is 0 Å². The third kappa shape index (κ3) is 3.29. The smallest absolute Gasteiger partial charge is 0.263 e. The van der Waals surface area contributed by atoms with Gasteiger partial charge in [0.15, 0.2) is 0 Å². The van der Waals surface area contributed by atoms with Gasteiger partial charge in [0, 0.05) is 11.3 Å². The third-order valence-electron chi connectivity index (χ3n) is 2.92. The average molecular weight is 370 g/mol. The van der Waals surface area contributed by atoms with Gasteiger partial charge in [0.2, 0.25) is 5.82 Å². The van der Waals surface area contributed by atoms with Gasteiger partial charge in [0.05, 0.1) is 10.0 Å². The van der Waals surface area contributed by atoms with Crippen molar-refractivity contribution in [1.29, 1.82) is 0 Å². The van der Waals surface area contributed by atoms with Crippen LogP contribution in [0.3, 0.4) is 0 Å².